The molecule has 0 bridgehead atoms. The van der Waals surface area contributed by atoms with E-state index in [2.05, 4.69) is 80.1 Å². The largest absolute Gasteiger partial charge is 0.325 e. The molecule has 0 atom stereocenters. The highest BCUT2D eigenvalue weighted by molar-refractivity contribution is 5.56. The third kappa shape index (κ3) is 6.76. The number of piperazine rings is 1. The van der Waals surface area contributed by atoms with Crippen LogP contribution in [0.1, 0.15) is 43.4 Å². The summed E-state index contributed by atoms with van der Waals surface area (Å²) in [6, 6.07) is 18.3. The second-order valence-corrected chi connectivity index (χ2v) is 10.8. The molecule has 4 heterocycles. The molecule has 0 spiro atoms. The van der Waals surface area contributed by atoms with E-state index < -0.39 is 0 Å². The number of hydrogen-bond donors (Lipinski definition) is 1. The lowest BCUT2D eigenvalue weighted by molar-refractivity contribution is 0.0591. The van der Waals surface area contributed by atoms with Crippen LogP contribution in [0.25, 0.3) is 11.5 Å². The summed E-state index contributed by atoms with van der Waals surface area (Å²) in [6.45, 7) is 14.3. The first-order valence-electron chi connectivity index (χ1n) is 13.2. The molecular formula is C30H36N8. The van der Waals surface area contributed by atoms with Gasteiger partial charge in [0.25, 0.3) is 0 Å². The van der Waals surface area contributed by atoms with Crippen LogP contribution in [0.15, 0.2) is 67.0 Å². The van der Waals surface area contributed by atoms with Crippen molar-refractivity contribution in [3.63, 3.8) is 0 Å². The molecule has 0 aliphatic carbocycles. The number of nitrogens with one attached hydrogen (secondary N) is 1. The monoisotopic (exact) mass is 508 g/mol. The van der Waals surface area contributed by atoms with Crippen molar-refractivity contribution in [1.82, 2.24) is 34.7 Å². The van der Waals surface area contributed by atoms with Crippen LogP contribution >= 0.6 is 0 Å². The number of hydrogen-bond acceptors (Lipinski definition) is 8. The maximum atomic E-state index is 4.71. The van der Waals surface area contributed by atoms with E-state index in [4.69, 9.17) is 4.98 Å². The molecule has 1 fully saturated rings. The van der Waals surface area contributed by atoms with Crippen molar-refractivity contribution in [1.29, 1.82) is 0 Å². The standard InChI is InChI=1S/C30H36N8/c1-22-6-5-7-25(33-22)29-32-15-13-27(36-29)34-26-12-14-31-28(35-26)20-23-8-10-24(11-9-23)21-37-16-18-38(19-17-37)30(2,3)4/h5-15H,16-21H2,1-4H3,(H,31,32,34,35,36). The number of aromatic nitrogens is 5. The number of rotatable bonds is 7. The molecule has 38 heavy (non-hydrogen) atoms. The molecule has 3 aromatic heterocycles. The van der Waals surface area contributed by atoms with Crippen LogP contribution in [0.5, 0.6) is 0 Å². The third-order valence-corrected chi connectivity index (χ3v) is 6.85. The highest BCUT2D eigenvalue weighted by Gasteiger charge is 2.25. The minimum Gasteiger partial charge on any atom is -0.325 e. The minimum absolute atomic E-state index is 0.249. The normalized spacial score (nSPS) is 14.9. The smallest absolute Gasteiger partial charge is 0.180 e. The van der Waals surface area contributed by atoms with Gasteiger partial charge in [0.2, 0.25) is 0 Å². The highest BCUT2D eigenvalue weighted by Crippen LogP contribution is 2.19. The maximum absolute atomic E-state index is 4.71. The SMILES string of the molecule is Cc1cccc(-c2nccc(Nc3ccnc(Cc4ccc(CN5CCN(C(C)(C)C)CC5)cc4)n3)n2)n1. The molecule has 196 valence electrons. The predicted octanol–water partition coefficient (Wildman–Crippen LogP) is 4.89. The fraction of sp³-hybridized carbons (Fsp3) is 0.367. The van der Waals surface area contributed by atoms with Gasteiger partial charge in [0, 0.05) is 62.8 Å². The van der Waals surface area contributed by atoms with E-state index in [1.165, 1.54) is 11.1 Å². The minimum atomic E-state index is 0.249. The Labute approximate surface area is 225 Å². The Bertz CT molecular complexity index is 1360. The second-order valence-electron chi connectivity index (χ2n) is 10.8. The summed E-state index contributed by atoms with van der Waals surface area (Å²) in [5.74, 6) is 2.69. The van der Waals surface area contributed by atoms with E-state index in [1.54, 1.807) is 12.4 Å². The molecule has 0 radical (unpaired) electrons. The van der Waals surface area contributed by atoms with E-state index >= 15 is 0 Å². The predicted molar refractivity (Wildman–Crippen MR) is 151 cm³/mol. The van der Waals surface area contributed by atoms with Gasteiger partial charge in [-0.3, -0.25) is 9.80 Å². The number of pyridine rings is 1. The highest BCUT2D eigenvalue weighted by atomic mass is 15.3. The Morgan fingerprint density at radius 3 is 2.16 bits per heavy atom. The Hall–Kier alpha value is -3.75. The van der Waals surface area contributed by atoms with Gasteiger partial charge in [-0.25, -0.2) is 24.9 Å². The summed E-state index contributed by atoms with van der Waals surface area (Å²) in [6.07, 6.45) is 4.17. The fourth-order valence-corrected chi connectivity index (χ4v) is 4.68. The van der Waals surface area contributed by atoms with Crippen molar-refractivity contribution in [2.75, 3.05) is 31.5 Å². The van der Waals surface area contributed by atoms with Crippen molar-refractivity contribution >= 4 is 11.6 Å². The number of aryl methyl sites for hydroxylation is 1. The quantitative estimate of drug-likeness (QED) is 0.378. The first kappa shape index (κ1) is 25.9. The topological polar surface area (TPSA) is 83.0 Å². The van der Waals surface area contributed by atoms with Crippen LogP contribution in [0.2, 0.25) is 0 Å². The summed E-state index contributed by atoms with van der Waals surface area (Å²) < 4.78 is 0. The molecule has 1 aliphatic heterocycles. The first-order valence-corrected chi connectivity index (χ1v) is 13.2. The molecule has 0 unspecified atom stereocenters. The lowest BCUT2D eigenvalue weighted by Crippen LogP contribution is -2.53. The van der Waals surface area contributed by atoms with Crippen molar-refractivity contribution < 1.29 is 0 Å². The lowest BCUT2D eigenvalue weighted by Gasteiger charge is -2.42. The van der Waals surface area contributed by atoms with Crippen molar-refractivity contribution in [2.45, 2.75) is 46.2 Å². The molecule has 8 nitrogen and oxygen atoms in total. The van der Waals surface area contributed by atoms with Crippen molar-refractivity contribution in [3.05, 3.63) is 89.6 Å². The molecule has 1 N–H and O–H groups in total. The molecule has 1 saturated heterocycles. The summed E-state index contributed by atoms with van der Waals surface area (Å²) in [4.78, 5) is 27.8. The van der Waals surface area contributed by atoms with Crippen LogP contribution < -0.4 is 5.32 Å². The van der Waals surface area contributed by atoms with Crippen LogP contribution in [0, 0.1) is 6.92 Å². The van der Waals surface area contributed by atoms with E-state index in [0.717, 1.165) is 49.9 Å². The Balaban J connectivity index is 1.18. The number of nitrogens with zero attached hydrogens (tertiary/aromatic N) is 7. The van der Waals surface area contributed by atoms with Gasteiger partial charge in [-0.15, -0.1) is 0 Å². The summed E-state index contributed by atoms with van der Waals surface area (Å²) >= 11 is 0. The molecule has 8 heteroatoms. The molecule has 5 rings (SSSR count). The maximum Gasteiger partial charge on any atom is 0.180 e. The van der Waals surface area contributed by atoms with Crippen molar-refractivity contribution in [2.24, 2.45) is 0 Å². The Morgan fingerprint density at radius 2 is 1.45 bits per heavy atom. The van der Waals surface area contributed by atoms with E-state index in [0.29, 0.717) is 23.9 Å². The molecular weight excluding hydrogens is 472 g/mol. The second kappa shape index (κ2) is 11.3. The zero-order chi connectivity index (χ0) is 26.5. The molecule has 1 aromatic carbocycles. The fourth-order valence-electron chi connectivity index (χ4n) is 4.68. The van der Waals surface area contributed by atoms with Gasteiger partial charge in [-0.2, -0.15) is 0 Å². The summed E-state index contributed by atoms with van der Waals surface area (Å²) in [5, 5.41) is 3.28. The molecule has 1 aliphatic rings. The van der Waals surface area contributed by atoms with Gasteiger partial charge < -0.3 is 5.32 Å². The van der Waals surface area contributed by atoms with Gasteiger partial charge >= 0.3 is 0 Å². The summed E-state index contributed by atoms with van der Waals surface area (Å²) in [7, 11) is 0. The Morgan fingerprint density at radius 1 is 0.763 bits per heavy atom. The van der Waals surface area contributed by atoms with Gasteiger partial charge in [0.05, 0.1) is 0 Å². The van der Waals surface area contributed by atoms with Gasteiger partial charge in [-0.1, -0.05) is 30.3 Å². The average molecular weight is 509 g/mol. The van der Waals surface area contributed by atoms with E-state index in [9.17, 15) is 0 Å². The number of benzene rings is 1. The van der Waals surface area contributed by atoms with E-state index in [-0.39, 0.29) is 5.54 Å². The Kier molecular flexibility index (Phi) is 7.72. The van der Waals surface area contributed by atoms with Gasteiger partial charge in [-0.05, 0) is 63.1 Å². The number of anilines is 2. The molecule has 4 aromatic rings. The lowest BCUT2D eigenvalue weighted by atomic mass is 10.0. The molecule has 0 saturated carbocycles. The summed E-state index contributed by atoms with van der Waals surface area (Å²) in [5.41, 5.74) is 4.46. The van der Waals surface area contributed by atoms with Crippen LogP contribution in [-0.2, 0) is 13.0 Å². The zero-order valence-electron chi connectivity index (χ0n) is 22.7. The average Bonchev–Trinajstić information content (AvgIpc) is 2.90. The van der Waals surface area contributed by atoms with Crippen LogP contribution in [0.3, 0.4) is 0 Å². The van der Waals surface area contributed by atoms with E-state index in [1.807, 2.05) is 37.3 Å². The van der Waals surface area contributed by atoms with Crippen molar-refractivity contribution in [3.8, 4) is 11.5 Å². The first-order chi connectivity index (χ1) is 18.3. The van der Waals surface area contributed by atoms with Gasteiger partial charge in [0.15, 0.2) is 5.82 Å². The van der Waals surface area contributed by atoms with Crippen LogP contribution in [0.4, 0.5) is 11.6 Å². The molecule has 0 amide bonds. The van der Waals surface area contributed by atoms with Gasteiger partial charge in [0.1, 0.15) is 23.2 Å². The third-order valence-electron chi connectivity index (χ3n) is 6.85. The van der Waals surface area contributed by atoms with Crippen LogP contribution in [-0.4, -0.2) is 66.4 Å². The zero-order valence-corrected chi connectivity index (χ0v) is 22.7.